The highest BCUT2D eigenvalue weighted by atomic mass is 32.1. The number of nitrogens with one attached hydrogen (secondary N) is 1. The number of rotatable bonds is 6. The number of nitrogens with zero attached hydrogens (tertiary/aromatic N) is 2. The Labute approximate surface area is 110 Å². The minimum Gasteiger partial charge on any atom is -0.368 e. The Morgan fingerprint density at radius 3 is 2.72 bits per heavy atom. The maximum absolute atomic E-state index is 12.9. The smallest absolute Gasteiger partial charge is 0.130 e. The molecule has 3 nitrogen and oxygen atoms in total. The summed E-state index contributed by atoms with van der Waals surface area (Å²) in [5.74, 6) is -0.201. The first-order chi connectivity index (χ1) is 8.79. The van der Waals surface area contributed by atoms with Crippen molar-refractivity contribution < 1.29 is 4.39 Å². The molecule has 0 saturated heterocycles. The summed E-state index contributed by atoms with van der Waals surface area (Å²) in [7, 11) is 0. The molecular weight excluding hydrogens is 249 g/mol. The van der Waals surface area contributed by atoms with Crippen molar-refractivity contribution in [2.24, 2.45) is 0 Å². The van der Waals surface area contributed by atoms with Crippen molar-refractivity contribution in [3.8, 4) is 0 Å². The average Bonchev–Trinajstić information content (AvgIpc) is 2.88. The molecule has 1 N–H and O–H groups in total. The van der Waals surface area contributed by atoms with E-state index >= 15 is 0 Å². The summed E-state index contributed by atoms with van der Waals surface area (Å²) < 4.78 is 16.8. The van der Waals surface area contributed by atoms with Gasteiger partial charge in [0.15, 0.2) is 0 Å². The Bertz CT molecular complexity index is 456. The van der Waals surface area contributed by atoms with Gasteiger partial charge in [0.1, 0.15) is 10.8 Å². The quantitative estimate of drug-likeness (QED) is 0.857. The number of unbranched alkanes of at least 4 members (excludes halogenated alkanes) is 1. The van der Waals surface area contributed by atoms with E-state index in [-0.39, 0.29) is 11.9 Å². The predicted octanol–water partition coefficient (Wildman–Crippen LogP) is 4.02. The first kappa shape index (κ1) is 13.0. The van der Waals surface area contributed by atoms with Gasteiger partial charge < -0.3 is 5.32 Å². The largest absolute Gasteiger partial charge is 0.368 e. The van der Waals surface area contributed by atoms with Crippen LogP contribution in [-0.4, -0.2) is 9.59 Å². The standard InChI is InChI=1S/C13H16FN3S/c1-2-3-4-12(16-13-9-15-17-18-13)10-5-7-11(14)8-6-10/h5-9,12,16H,2-4H2,1H3. The Hall–Kier alpha value is -1.49. The van der Waals surface area contributed by atoms with Crippen LogP contribution in [0.2, 0.25) is 0 Å². The van der Waals surface area contributed by atoms with Crippen LogP contribution in [0.25, 0.3) is 0 Å². The minimum atomic E-state index is -0.201. The van der Waals surface area contributed by atoms with E-state index in [1.807, 2.05) is 12.1 Å². The molecule has 1 aromatic carbocycles. The first-order valence-electron chi connectivity index (χ1n) is 6.09. The maximum Gasteiger partial charge on any atom is 0.130 e. The normalized spacial score (nSPS) is 12.3. The van der Waals surface area contributed by atoms with Gasteiger partial charge in [0.2, 0.25) is 0 Å². The van der Waals surface area contributed by atoms with Gasteiger partial charge in [0.05, 0.1) is 12.2 Å². The van der Waals surface area contributed by atoms with Crippen molar-refractivity contribution in [3.05, 3.63) is 41.8 Å². The van der Waals surface area contributed by atoms with Crippen LogP contribution in [0.3, 0.4) is 0 Å². The van der Waals surface area contributed by atoms with Gasteiger partial charge in [-0.1, -0.05) is 36.4 Å². The van der Waals surface area contributed by atoms with E-state index in [1.54, 1.807) is 6.20 Å². The van der Waals surface area contributed by atoms with Crippen LogP contribution >= 0.6 is 11.5 Å². The number of halogens is 1. The van der Waals surface area contributed by atoms with Crippen LogP contribution in [0.5, 0.6) is 0 Å². The second kappa shape index (κ2) is 6.44. The highest BCUT2D eigenvalue weighted by Gasteiger charge is 2.12. The summed E-state index contributed by atoms with van der Waals surface area (Å²) in [5, 5.41) is 8.15. The van der Waals surface area contributed by atoms with Gasteiger partial charge in [0.25, 0.3) is 0 Å². The van der Waals surface area contributed by atoms with Gasteiger partial charge >= 0.3 is 0 Å². The van der Waals surface area contributed by atoms with E-state index in [0.29, 0.717) is 0 Å². The second-order valence-electron chi connectivity index (χ2n) is 4.17. The predicted molar refractivity (Wildman–Crippen MR) is 72.2 cm³/mol. The molecule has 18 heavy (non-hydrogen) atoms. The summed E-state index contributed by atoms with van der Waals surface area (Å²) in [6.45, 7) is 2.16. The molecule has 1 heterocycles. The third-order valence-electron chi connectivity index (χ3n) is 2.80. The van der Waals surface area contributed by atoms with Crippen LogP contribution in [-0.2, 0) is 0 Å². The van der Waals surface area contributed by atoms with Crippen molar-refractivity contribution in [3.63, 3.8) is 0 Å². The zero-order valence-corrected chi connectivity index (χ0v) is 11.1. The summed E-state index contributed by atoms with van der Waals surface area (Å²) in [6, 6.07) is 6.85. The zero-order valence-electron chi connectivity index (χ0n) is 10.3. The fourth-order valence-corrected chi connectivity index (χ4v) is 2.30. The maximum atomic E-state index is 12.9. The lowest BCUT2D eigenvalue weighted by Gasteiger charge is -2.18. The van der Waals surface area contributed by atoms with Crippen LogP contribution in [0, 0.1) is 5.82 Å². The summed E-state index contributed by atoms with van der Waals surface area (Å²) in [4.78, 5) is 0. The fourth-order valence-electron chi connectivity index (χ4n) is 1.83. The topological polar surface area (TPSA) is 37.8 Å². The molecular formula is C13H16FN3S. The van der Waals surface area contributed by atoms with Gasteiger partial charge in [-0.2, -0.15) is 0 Å². The molecule has 0 fully saturated rings. The van der Waals surface area contributed by atoms with Crippen molar-refractivity contribution in [2.45, 2.75) is 32.2 Å². The third kappa shape index (κ3) is 3.50. The Kier molecular flexibility index (Phi) is 4.64. The Morgan fingerprint density at radius 2 is 2.11 bits per heavy atom. The molecule has 96 valence electrons. The third-order valence-corrected chi connectivity index (χ3v) is 3.39. The highest BCUT2D eigenvalue weighted by Crippen LogP contribution is 2.25. The van der Waals surface area contributed by atoms with Crippen molar-refractivity contribution in [1.82, 2.24) is 9.59 Å². The van der Waals surface area contributed by atoms with E-state index in [4.69, 9.17) is 0 Å². The SMILES string of the molecule is CCCCC(Nc1cnns1)c1ccc(F)cc1. The molecule has 0 amide bonds. The Balaban J connectivity index is 2.11. The van der Waals surface area contributed by atoms with Crippen molar-refractivity contribution in [1.29, 1.82) is 0 Å². The van der Waals surface area contributed by atoms with E-state index in [1.165, 1.54) is 23.7 Å². The zero-order chi connectivity index (χ0) is 12.8. The second-order valence-corrected chi connectivity index (χ2v) is 4.96. The molecule has 1 unspecified atom stereocenters. The van der Waals surface area contributed by atoms with Crippen LogP contribution in [0.15, 0.2) is 30.5 Å². The molecule has 0 aliphatic heterocycles. The molecule has 0 aliphatic rings. The molecule has 5 heteroatoms. The minimum absolute atomic E-state index is 0.188. The molecule has 2 aromatic rings. The summed E-state index contributed by atoms with van der Waals surface area (Å²) in [5.41, 5.74) is 1.10. The first-order valence-corrected chi connectivity index (χ1v) is 6.86. The number of hydrogen-bond acceptors (Lipinski definition) is 4. The van der Waals surface area contributed by atoms with Crippen molar-refractivity contribution in [2.75, 3.05) is 5.32 Å². The number of hydrogen-bond donors (Lipinski definition) is 1. The van der Waals surface area contributed by atoms with Gasteiger partial charge in [-0.25, -0.2) is 4.39 Å². The number of anilines is 1. The van der Waals surface area contributed by atoms with Crippen LogP contribution in [0.1, 0.15) is 37.8 Å². The van der Waals surface area contributed by atoms with Crippen molar-refractivity contribution >= 4 is 16.5 Å². The van der Waals surface area contributed by atoms with E-state index in [2.05, 4.69) is 21.8 Å². The molecule has 0 bridgehead atoms. The van der Waals surface area contributed by atoms with Gasteiger partial charge in [0, 0.05) is 11.5 Å². The Morgan fingerprint density at radius 1 is 1.33 bits per heavy atom. The summed E-state index contributed by atoms with van der Waals surface area (Å²) >= 11 is 1.34. The fraction of sp³-hybridized carbons (Fsp3) is 0.385. The summed E-state index contributed by atoms with van der Waals surface area (Å²) in [6.07, 6.45) is 4.99. The molecule has 0 saturated carbocycles. The molecule has 2 rings (SSSR count). The van der Waals surface area contributed by atoms with E-state index in [0.717, 1.165) is 29.8 Å². The highest BCUT2D eigenvalue weighted by molar-refractivity contribution is 7.09. The average molecular weight is 265 g/mol. The lowest BCUT2D eigenvalue weighted by molar-refractivity contribution is 0.617. The van der Waals surface area contributed by atoms with E-state index < -0.39 is 0 Å². The van der Waals surface area contributed by atoms with Crippen LogP contribution < -0.4 is 5.32 Å². The lowest BCUT2D eigenvalue weighted by atomic mass is 10.0. The van der Waals surface area contributed by atoms with E-state index in [9.17, 15) is 4.39 Å². The van der Waals surface area contributed by atoms with Crippen LogP contribution in [0.4, 0.5) is 9.39 Å². The van der Waals surface area contributed by atoms with Gasteiger partial charge in [-0.05, 0) is 24.1 Å². The molecule has 1 atom stereocenters. The van der Waals surface area contributed by atoms with Gasteiger partial charge in [-0.15, -0.1) is 5.10 Å². The molecule has 0 aliphatic carbocycles. The molecule has 0 spiro atoms. The van der Waals surface area contributed by atoms with Gasteiger partial charge in [-0.3, -0.25) is 0 Å². The lowest BCUT2D eigenvalue weighted by Crippen LogP contribution is -2.10. The number of benzene rings is 1. The molecule has 1 aromatic heterocycles. The number of aromatic nitrogens is 2. The molecule has 0 radical (unpaired) electrons. The monoisotopic (exact) mass is 265 g/mol.